The average molecular weight is 283 g/mol. The summed E-state index contributed by atoms with van der Waals surface area (Å²) in [6.07, 6.45) is 0. The van der Waals surface area contributed by atoms with Gasteiger partial charge in [0, 0.05) is 5.56 Å². The maximum absolute atomic E-state index is 12.0. The molecule has 3 nitrogen and oxygen atoms in total. The van der Waals surface area contributed by atoms with Crippen LogP contribution in [0.5, 0.6) is 5.75 Å². The number of amides is 1. The second-order valence-electron chi connectivity index (χ2n) is 5.17. The lowest BCUT2D eigenvalue weighted by atomic mass is 10.1. The van der Waals surface area contributed by atoms with Crippen molar-refractivity contribution in [3.63, 3.8) is 0 Å². The summed E-state index contributed by atoms with van der Waals surface area (Å²) in [5, 5.41) is 2.87. The second kappa shape index (κ2) is 6.93. The molecule has 110 valence electrons. The molecule has 0 fully saturated rings. The third-order valence-electron chi connectivity index (χ3n) is 3.48. The molecule has 0 heterocycles. The van der Waals surface area contributed by atoms with E-state index in [0.29, 0.717) is 18.7 Å². The highest BCUT2D eigenvalue weighted by molar-refractivity contribution is 5.94. The molecule has 0 atom stereocenters. The SMILES string of the molecule is Cc1cccc(C(=O)NCCOc2cccc(C)c2C)c1. The van der Waals surface area contributed by atoms with E-state index >= 15 is 0 Å². The van der Waals surface area contributed by atoms with Gasteiger partial charge in [0.25, 0.3) is 5.91 Å². The Morgan fingerprint density at radius 1 is 1.10 bits per heavy atom. The number of carbonyl (C=O) groups excluding carboxylic acids is 1. The minimum Gasteiger partial charge on any atom is -0.491 e. The number of ether oxygens (including phenoxy) is 1. The van der Waals surface area contributed by atoms with Crippen LogP contribution in [0.1, 0.15) is 27.0 Å². The smallest absolute Gasteiger partial charge is 0.251 e. The van der Waals surface area contributed by atoms with Crippen molar-refractivity contribution in [2.75, 3.05) is 13.2 Å². The van der Waals surface area contributed by atoms with Gasteiger partial charge in [-0.2, -0.15) is 0 Å². The van der Waals surface area contributed by atoms with Crippen molar-refractivity contribution in [3.8, 4) is 5.75 Å². The van der Waals surface area contributed by atoms with Gasteiger partial charge >= 0.3 is 0 Å². The number of hydrogen-bond donors (Lipinski definition) is 1. The summed E-state index contributed by atoms with van der Waals surface area (Å²) < 4.78 is 5.71. The van der Waals surface area contributed by atoms with Crippen molar-refractivity contribution in [1.82, 2.24) is 5.32 Å². The molecule has 2 rings (SSSR count). The first-order valence-electron chi connectivity index (χ1n) is 7.12. The van der Waals surface area contributed by atoms with Crippen LogP contribution in [0.25, 0.3) is 0 Å². The van der Waals surface area contributed by atoms with Gasteiger partial charge in [-0.05, 0) is 50.1 Å². The Hall–Kier alpha value is -2.29. The first kappa shape index (κ1) is 15.1. The number of benzene rings is 2. The quantitative estimate of drug-likeness (QED) is 0.854. The Morgan fingerprint density at radius 2 is 1.86 bits per heavy atom. The topological polar surface area (TPSA) is 38.3 Å². The van der Waals surface area contributed by atoms with Gasteiger partial charge in [-0.15, -0.1) is 0 Å². The van der Waals surface area contributed by atoms with Gasteiger partial charge < -0.3 is 10.1 Å². The summed E-state index contributed by atoms with van der Waals surface area (Å²) in [4.78, 5) is 12.0. The molecule has 0 saturated heterocycles. The Kier molecular flexibility index (Phi) is 4.99. The molecule has 0 aliphatic heterocycles. The predicted molar refractivity (Wildman–Crippen MR) is 84.9 cm³/mol. The summed E-state index contributed by atoms with van der Waals surface area (Å²) in [7, 11) is 0. The number of hydrogen-bond acceptors (Lipinski definition) is 2. The van der Waals surface area contributed by atoms with Crippen LogP contribution in [-0.2, 0) is 0 Å². The van der Waals surface area contributed by atoms with Crippen molar-refractivity contribution in [3.05, 3.63) is 64.7 Å². The summed E-state index contributed by atoms with van der Waals surface area (Å²) in [6, 6.07) is 13.5. The molecule has 0 saturated carbocycles. The predicted octanol–water partition coefficient (Wildman–Crippen LogP) is 3.42. The fraction of sp³-hybridized carbons (Fsp3) is 0.278. The van der Waals surface area contributed by atoms with Crippen LogP contribution in [0, 0.1) is 20.8 Å². The van der Waals surface area contributed by atoms with Gasteiger partial charge in [0.05, 0.1) is 6.54 Å². The highest BCUT2D eigenvalue weighted by Gasteiger charge is 2.05. The second-order valence-corrected chi connectivity index (χ2v) is 5.17. The molecule has 0 unspecified atom stereocenters. The van der Waals surface area contributed by atoms with Gasteiger partial charge in [-0.1, -0.05) is 29.8 Å². The molecular formula is C18H21NO2. The molecule has 1 N–H and O–H groups in total. The summed E-state index contributed by atoms with van der Waals surface area (Å²) in [5.74, 6) is 0.808. The van der Waals surface area contributed by atoms with Crippen LogP contribution >= 0.6 is 0 Å². The van der Waals surface area contributed by atoms with E-state index in [0.717, 1.165) is 16.9 Å². The fourth-order valence-corrected chi connectivity index (χ4v) is 2.09. The lowest BCUT2D eigenvalue weighted by molar-refractivity contribution is 0.0947. The number of rotatable bonds is 5. The normalized spacial score (nSPS) is 10.2. The maximum atomic E-state index is 12.0. The largest absolute Gasteiger partial charge is 0.491 e. The van der Waals surface area contributed by atoms with Crippen molar-refractivity contribution in [2.24, 2.45) is 0 Å². The van der Waals surface area contributed by atoms with Gasteiger partial charge in [-0.25, -0.2) is 0 Å². The minimum atomic E-state index is -0.0664. The summed E-state index contributed by atoms with van der Waals surface area (Å²) >= 11 is 0. The molecule has 0 radical (unpaired) electrons. The molecule has 21 heavy (non-hydrogen) atoms. The van der Waals surface area contributed by atoms with Crippen molar-refractivity contribution >= 4 is 5.91 Å². The number of carbonyl (C=O) groups is 1. The third-order valence-corrected chi connectivity index (χ3v) is 3.48. The molecule has 0 bridgehead atoms. The Bertz CT molecular complexity index is 635. The van der Waals surface area contributed by atoms with E-state index in [1.165, 1.54) is 5.56 Å². The molecule has 0 spiro atoms. The monoisotopic (exact) mass is 283 g/mol. The first-order valence-corrected chi connectivity index (χ1v) is 7.12. The molecule has 0 aliphatic rings. The maximum Gasteiger partial charge on any atom is 0.251 e. The summed E-state index contributed by atoms with van der Waals surface area (Å²) in [5.41, 5.74) is 4.11. The lowest BCUT2D eigenvalue weighted by Gasteiger charge is -2.11. The fourth-order valence-electron chi connectivity index (χ4n) is 2.09. The molecule has 2 aromatic carbocycles. The minimum absolute atomic E-state index is 0.0664. The highest BCUT2D eigenvalue weighted by atomic mass is 16.5. The van der Waals surface area contributed by atoms with Gasteiger partial charge in [0.15, 0.2) is 0 Å². The molecule has 0 aliphatic carbocycles. The molecule has 0 aromatic heterocycles. The number of nitrogens with one attached hydrogen (secondary N) is 1. The lowest BCUT2D eigenvalue weighted by Crippen LogP contribution is -2.28. The average Bonchev–Trinajstić information content (AvgIpc) is 2.47. The van der Waals surface area contributed by atoms with Crippen molar-refractivity contribution < 1.29 is 9.53 Å². The van der Waals surface area contributed by atoms with E-state index in [2.05, 4.69) is 18.3 Å². The zero-order valence-electron chi connectivity index (χ0n) is 12.8. The molecule has 3 heteroatoms. The van der Waals surface area contributed by atoms with E-state index in [1.807, 2.05) is 50.2 Å². The third kappa shape index (κ3) is 4.09. The van der Waals surface area contributed by atoms with E-state index in [4.69, 9.17) is 4.74 Å². The van der Waals surface area contributed by atoms with Gasteiger partial charge in [-0.3, -0.25) is 4.79 Å². The zero-order valence-corrected chi connectivity index (χ0v) is 12.8. The van der Waals surface area contributed by atoms with Crippen LogP contribution in [-0.4, -0.2) is 19.1 Å². The highest BCUT2D eigenvalue weighted by Crippen LogP contribution is 2.20. The van der Waals surface area contributed by atoms with Crippen LogP contribution in [0.3, 0.4) is 0 Å². The summed E-state index contributed by atoms with van der Waals surface area (Å²) in [6.45, 7) is 7.01. The molecule has 2 aromatic rings. The standard InChI is InChI=1S/C18H21NO2/c1-13-6-4-8-16(12-13)18(20)19-10-11-21-17-9-5-7-14(2)15(17)3/h4-9,12H,10-11H2,1-3H3,(H,19,20). The van der Waals surface area contributed by atoms with Gasteiger partial charge in [0.2, 0.25) is 0 Å². The Labute approximate surface area is 126 Å². The number of aryl methyl sites for hydroxylation is 2. The van der Waals surface area contributed by atoms with E-state index < -0.39 is 0 Å². The van der Waals surface area contributed by atoms with Crippen LogP contribution in [0.15, 0.2) is 42.5 Å². The van der Waals surface area contributed by atoms with Crippen molar-refractivity contribution in [1.29, 1.82) is 0 Å². The van der Waals surface area contributed by atoms with E-state index in [-0.39, 0.29) is 5.91 Å². The van der Waals surface area contributed by atoms with Crippen LogP contribution < -0.4 is 10.1 Å². The Balaban J connectivity index is 1.82. The van der Waals surface area contributed by atoms with Gasteiger partial charge in [0.1, 0.15) is 12.4 Å². The van der Waals surface area contributed by atoms with E-state index in [9.17, 15) is 4.79 Å². The first-order chi connectivity index (χ1) is 10.1. The van der Waals surface area contributed by atoms with E-state index in [1.54, 1.807) is 0 Å². The zero-order chi connectivity index (χ0) is 15.2. The molecular weight excluding hydrogens is 262 g/mol. The van der Waals surface area contributed by atoms with Crippen molar-refractivity contribution in [2.45, 2.75) is 20.8 Å². The molecule has 1 amide bonds. The Morgan fingerprint density at radius 3 is 2.62 bits per heavy atom. The van der Waals surface area contributed by atoms with Crippen LogP contribution in [0.4, 0.5) is 0 Å². The van der Waals surface area contributed by atoms with Crippen LogP contribution in [0.2, 0.25) is 0 Å².